The van der Waals surface area contributed by atoms with E-state index in [1.54, 1.807) is 0 Å². The summed E-state index contributed by atoms with van der Waals surface area (Å²) in [5.74, 6) is 0.853. The molecule has 0 saturated carbocycles. The first-order valence-electron chi connectivity index (χ1n) is 16.8. The quantitative estimate of drug-likeness (QED) is 0.123. The standard InChI is InChI=1S/C45H36N5.Pt/c1-44(2,3)34-22-23-47-43(29-34)50-41-19-13-12-18-39(41)40-21-20-35(28-42(40)50)45(32-14-8-6-9-15-32,33-16-10-7-11-17-33)36-26-37(46-4)30-38(27-36)49-25-24-48(5)31-49;/h6-26,29-31H,1-3,5H3;/q-3;. The Hall–Kier alpha value is -5.43. The van der Waals surface area contributed by atoms with Gasteiger partial charge in [0.05, 0.1) is 12.3 Å². The predicted molar refractivity (Wildman–Crippen MR) is 203 cm³/mol. The summed E-state index contributed by atoms with van der Waals surface area (Å²) in [5, 5.41) is 2.24. The maximum Gasteiger partial charge on any atom is 0.135 e. The van der Waals surface area contributed by atoms with Gasteiger partial charge in [0.2, 0.25) is 0 Å². The van der Waals surface area contributed by atoms with Gasteiger partial charge in [-0.1, -0.05) is 105 Å². The topological polar surface area (TPSA) is 28.7 Å². The van der Waals surface area contributed by atoms with Crippen molar-refractivity contribution in [3.05, 3.63) is 198 Å². The van der Waals surface area contributed by atoms with Crippen LogP contribution in [-0.4, -0.2) is 21.5 Å². The zero-order chi connectivity index (χ0) is 34.5. The molecule has 5 aromatic carbocycles. The summed E-state index contributed by atoms with van der Waals surface area (Å²) in [7, 11) is 1.99. The Morgan fingerprint density at radius 3 is 2.04 bits per heavy atom. The van der Waals surface area contributed by atoms with E-state index in [4.69, 9.17) is 11.6 Å². The second-order valence-electron chi connectivity index (χ2n) is 13.9. The molecule has 0 aliphatic carbocycles. The maximum absolute atomic E-state index is 8.16. The number of nitrogens with zero attached hydrogens (tertiary/aromatic N) is 5. The summed E-state index contributed by atoms with van der Waals surface area (Å²) in [5.41, 5.74) is 7.57. The molecule has 5 nitrogen and oxygen atoms in total. The maximum atomic E-state index is 8.16. The van der Waals surface area contributed by atoms with Crippen LogP contribution in [0.15, 0.2) is 140 Å². The molecular formula is C45H36N5Pt-3. The van der Waals surface area contributed by atoms with E-state index in [2.05, 4.69) is 139 Å². The Balaban J connectivity index is 0.00000406. The molecule has 1 aliphatic heterocycles. The SMILES string of the molecule is [C-]#[N+]c1cc(N2C=CN(C)[CH-]2)[c-]c(C(c2[c-]c3c(cc2)c2ccccc2n3-c2cc(C(C)(C)C)ccn2)(c2ccccc2)c2ccccc2)c1.[Pt]. The molecule has 8 rings (SSSR count). The summed E-state index contributed by atoms with van der Waals surface area (Å²) in [6, 6.07) is 50.0. The monoisotopic (exact) mass is 841 g/mol. The summed E-state index contributed by atoms with van der Waals surface area (Å²) in [6.45, 7) is 16.8. The number of fused-ring (bicyclic) bond motifs is 3. The van der Waals surface area contributed by atoms with Crippen molar-refractivity contribution in [1.29, 1.82) is 0 Å². The third-order valence-electron chi connectivity index (χ3n) is 9.66. The minimum absolute atomic E-state index is 0. The first kappa shape index (κ1) is 34.0. The predicted octanol–water partition coefficient (Wildman–Crippen LogP) is 10.3. The minimum Gasteiger partial charge on any atom is -0.510 e. The molecule has 254 valence electrons. The molecule has 1 aliphatic rings. The van der Waals surface area contributed by atoms with Crippen molar-refractivity contribution in [2.45, 2.75) is 31.6 Å². The van der Waals surface area contributed by atoms with Crippen molar-refractivity contribution in [3.8, 4) is 5.82 Å². The molecule has 0 fully saturated rings. The van der Waals surface area contributed by atoms with Crippen LogP contribution in [0.1, 0.15) is 48.6 Å². The van der Waals surface area contributed by atoms with Gasteiger partial charge in [0.15, 0.2) is 0 Å². The molecule has 0 unspecified atom stereocenters. The first-order chi connectivity index (χ1) is 24.3. The average molecular weight is 842 g/mol. The van der Waals surface area contributed by atoms with Crippen LogP contribution in [-0.2, 0) is 31.9 Å². The molecule has 0 N–H and O–H groups in total. The molecule has 0 radical (unpaired) electrons. The van der Waals surface area contributed by atoms with E-state index in [0.29, 0.717) is 5.69 Å². The normalized spacial score (nSPS) is 13.1. The van der Waals surface area contributed by atoms with Gasteiger partial charge < -0.3 is 14.4 Å². The molecule has 7 aromatic rings. The van der Waals surface area contributed by atoms with Crippen molar-refractivity contribution < 1.29 is 21.1 Å². The van der Waals surface area contributed by atoms with Gasteiger partial charge in [0.1, 0.15) is 5.82 Å². The van der Waals surface area contributed by atoms with Crippen LogP contribution in [0.3, 0.4) is 0 Å². The van der Waals surface area contributed by atoms with Crippen LogP contribution in [0.5, 0.6) is 0 Å². The molecule has 0 spiro atoms. The van der Waals surface area contributed by atoms with Crippen molar-refractivity contribution in [2.24, 2.45) is 0 Å². The number of anilines is 1. The largest absolute Gasteiger partial charge is 0.510 e. The van der Waals surface area contributed by atoms with Gasteiger partial charge in [-0.3, -0.25) is 4.85 Å². The molecule has 0 amide bonds. The molecule has 51 heavy (non-hydrogen) atoms. The molecule has 2 aromatic heterocycles. The zero-order valence-corrected chi connectivity index (χ0v) is 31.2. The van der Waals surface area contributed by atoms with E-state index in [1.165, 1.54) is 5.56 Å². The minimum atomic E-state index is -0.872. The number of hydrogen-bond donors (Lipinski definition) is 0. The fourth-order valence-electron chi connectivity index (χ4n) is 7.20. The van der Waals surface area contributed by atoms with E-state index < -0.39 is 5.41 Å². The van der Waals surface area contributed by atoms with Crippen molar-refractivity contribution in [3.63, 3.8) is 0 Å². The van der Waals surface area contributed by atoms with Crippen molar-refractivity contribution in [1.82, 2.24) is 14.5 Å². The van der Waals surface area contributed by atoms with Gasteiger partial charge in [0, 0.05) is 38.2 Å². The Bertz CT molecular complexity index is 2390. The number of pyridine rings is 1. The Kier molecular flexibility index (Phi) is 8.92. The summed E-state index contributed by atoms with van der Waals surface area (Å²) in [4.78, 5) is 12.9. The molecular weight excluding hydrogens is 806 g/mol. The van der Waals surface area contributed by atoms with Crippen LogP contribution in [0.2, 0.25) is 0 Å². The number of aromatic nitrogens is 2. The Morgan fingerprint density at radius 1 is 0.706 bits per heavy atom. The van der Waals surface area contributed by atoms with Gasteiger partial charge in [-0.2, -0.15) is 42.6 Å². The molecule has 3 heterocycles. The molecule has 0 atom stereocenters. The summed E-state index contributed by atoms with van der Waals surface area (Å²) in [6.07, 6.45) is 5.89. The zero-order valence-electron chi connectivity index (χ0n) is 28.9. The smallest absolute Gasteiger partial charge is 0.135 e. The third-order valence-corrected chi connectivity index (χ3v) is 9.66. The Labute approximate surface area is 314 Å². The molecule has 0 bridgehead atoms. The van der Waals surface area contributed by atoms with Crippen LogP contribution < -0.4 is 4.90 Å². The number of rotatable bonds is 6. The Morgan fingerprint density at radius 2 is 1.39 bits per heavy atom. The van der Waals surface area contributed by atoms with Gasteiger partial charge >= 0.3 is 0 Å². The number of para-hydroxylation sites is 1. The number of benzene rings is 5. The van der Waals surface area contributed by atoms with Gasteiger partial charge in [-0.05, 0) is 65.1 Å². The van der Waals surface area contributed by atoms with Crippen molar-refractivity contribution in [2.75, 3.05) is 11.9 Å². The van der Waals surface area contributed by atoms with Crippen LogP contribution in [0.4, 0.5) is 11.4 Å². The molecule has 0 saturated heterocycles. The average Bonchev–Trinajstić information content (AvgIpc) is 3.73. The van der Waals surface area contributed by atoms with E-state index in [9.17, 15) is 0 Å². The van der Waals surface area contributed by atoms with Gasteiger partial charge in [-0.15, -0.1) is 22.7 Å². The summed E-state index contributed by atoms with van der Waals surface area (Å²) < 4.78 is 2.24. The van der Waals surface area contributed by atoms with E-state index >= 15 is 0 Å². The van der Waals surface area contributed by atoms with Gasteiger partial charge in [-0.25, -0.2) is 4.98 Å². The third kappa shape index (κ3) is 5.84. The van der Waals surface area contributed by atoms with Crippen LogP contribution >= 0.6 is 0 Å². The fourth-order valence-corrected chi connectivity index (χ4v) is 7.20. The molecule has 6 heteroatoms. The second-order valence-corrected chi connectivity index (χ2v) is 13.9. The van der Waals surface area contributed by atoms with E-state index in [0.717, 1.165) is 55.6 Å². The van der Waals surface area contributed by atoms with E-state index in [-0.39, 0.29) is 26.5 Å². The van der Waals surface area contributed by atoms with Gasteiger partial charge in [0.25, 0.3) is 0 Å². The summed E-state index contributed by atoms with van der Waals surface area (Å²) >= 11 is 0. The number of hydrogen-bond acceptors (Lipinski definition) is 3. The van der Waals surface area contributed by atoms with Crippen LogP contribution in [0.25, 0.3) is 32.5 Å². The fraction of sp³-hybridized carbons (Fsp3) is 0.133. The van der Waals surface area contributed by atoms with Crippen LogP contribution in [0, 0.1) is 25.4 Å². The van der Waals surface area contributed by atoms with E-state index in [1.807, 2.05) is 66.4 Å². The van der Waals surface area contributed by atoms with Crippen molar-refractivity contribution >= 4 is 33.2 Å². The second kappa shape index (κ2) is 13.4. The first-order valence-corrected chi connectivity index (χ1v) is 16.8.